The van der Waals surface area contributed by atoms with Gasteiger partial charge in [0.25, 0.3) is 5.56 Å². The number of piperidine rings is 1. The Balaban J connectivity index is 1.57. The zero-order chi connectivity index (χ0) is 16.4. The second-order valence-electron chi connectivity index (χ2n) is 6.36. The standard InChI is InChI=1S/C18H21N5O/c24-18-12-15(20-17-7-2-4-11-23(17)18)13-21-9-3-1-6-16(21)14-22-10-5-8-19-22/h2,4-5,7-8,10-12,16H,1,3,6,9,13-14H2/t16-/m1/s1. The molecule has 0 aliphatic carbocycles. The van der Waals surface area contributed by atoms with Crippen LogP contribution >= 0.6 is 0 Å². The van der Waals surface area contributed by atoms with E-state index in [1.165, 1.54) is 12.8 Å². The molecule has 0 spiro atoms. The summed E-state index contributed by atoms with van der Waals surface area (Å²) in [6, 6.07) is 9.69. The molecule has 0 radical (unpaired) electrons. The lowest BCUT2D eigenvalue weighted by atomic mass is 10.0. The zero-order valence-electron chi connectivity index (χ0n) is 13.6. The monoisotopic (exact) mass is 323 g/mol. The molecule has 0 bridgehead atoms. The van der Waals surface area contributed by atoms with E-state index in [0.29, 0.717) is 18.2 Å². The van der Waals surface area contributed by atoms with Gasteiger partial charge >= 0.3 is 0 Å². The summed E-state index contributed by atoms with van der Waals surface area (Å²) in [7, 11) is 0. The minimum Gasteiger partial charge on any atom is -0.293 e. The van der Waals surface area contributed by atoms with Gasteiger partial charge in [0.15, 0.2) is 0 Å². The van der Waals surface area contributed by atoms with Crippen LogP contribution in [0.15, 0.2) is 53.7 Å². The van der Waals surface area contributed by atoms with Crippen molar-refractivity contribution in [2.45, 2.75) is 38.4 Å². The Bertz CT molecular complexity index is 871. The molecule has 4 heterocycles. The SMILES string of the molecule is O=c1cc(CN2CCCC[C@@H]2Cn2cccn2)nc2ccccn12. The van der Waals surface area contributed by atoms with E-state index >= 15 is 0 Å². The zero-order valence-corrected chi connectivity index (χ0v) is 13.6. The Labute approximate surface area is 140 Å². The average molecular weight is 323 g/mol. The molecule has 0 amide bonds. The Hall–Kier alpha value is -2.47. The summed E-state index contributed by atoms with van der Waals surface area (Å²) in [6.07, 6.45) is 9.19. The highest BCUT2D eigenvalue weighted by molar-refractivity contribution is 5.37. The quantitative estimate of drug-likeness (QED) is 0.736. The molecule has 1 saturated heterocycles. The number of hydrogen-bond acceptors (Lipinski definition) is 4. The van der Waals surface area contributed by atoms with Crippen molar-refractivity contribution in [3.05, 3.63) is 65.0 Å². The summed E-state index contributed by atoms with van der Waals surface area (Å²) >= 11 is 0. The van der Waals surface area contributed by atoms with Crippen LogP contribution in [-0.2, 0) is 13.1 Å². The average Bonchev–Trinajstić information content (AvgIpc) is 3.10. The highest BCUT2D eigenvalue weighted by atomic mass is 16.1. The van der Waals surface area contributed by atoms with Gasteiger partial charge < -0.3 is 0 Å². The highest BCUT2D eigenvalue weighted by Crippen LogP contribution is 2.20. The predicted octanol–water partition coefficient (Wildman–Crippen LogP) is 1.95. The van der Waals surface area contributed by atoms with Gasteiger partial charge in [-0.25, -0.2) is 4.98 Å². The first kappa shape index (κ1) is 15.1. The van der Waals surface area contributed by atoms with Crippen LogP contribution in [0.3, 0.4) is 0 Å². The summed E-state index contributed by atoms with van der Waals surface area (Å²) in [5.41, 5.74) is 1.54. The van der Waals surface area contributed by atoms with Gasteiger partial charge in [0, 0.05) is 37.2 Å². The molecule has 6 nitrogen and oxygen atoms in total. The van der Waals surface area contributed by atoms with Gasteiger partial charge in [-0.1, -0.05) is 12.5 Å². The number of pyridine rings is 1. The Morgan fingerprint density at radius 1 is 1.17 bits per heavy atom. The minimum atomic E-state index is -0.0174. The van der Waals surface area contributed by atoms with Gasteiger partial charge in [-0.3, -0.25) is 18.8 Å². The van der Waals surface area contributed by atoms with Crippen LogP contribution < -0.4 is 5.56 Å². The van der Waals surface area contributed by atoms with Crippen molar-refractivity contribution >= 4 is 5.65 Å². The lowest BCUT2D eigenvalue weighted by Gasteiger charge is -2.35. The molecular formula is C18H21N5O. The van der Waals surface area contributed by atoms with Gasteiger partial charge in [-0.05, 0) is 37.6 Å². The van der Waals surface area contributed by atoms with Crippen LogP contribution in [0.2, 0.25) is 0 Å². The molecular weight excluding hydrogens is 302 g/mol. The normalized spacial score (nSPS) is 18.9. The molecule has 124 valence electrons. The maximum atomic E-state index is 12.3. The predicted molar refractivity (Wildman–Crippen MR) is 91.7 cm³/mol. The summed E-state index contributed by atoms with van der Waals surface area (Å²) in [6.45, 7) is 2.65. The van der Waals surface area contributed by atoms with Gasteiger partial charge in [-0.2, -0.15) is 5.10 Å². The maximum Gasteiger partial charge on any atom is 0.258 e. The number of nitrogens with zero attached hydrogens (tertiary/aromatic N) is 5. The van der Waals surface area contributed by atoms with Crippen LogP contribution in [-0.4, -0.2) is 36.7 Å². The lowest BCUT2D eigenvalue weighted by molar-refractivity contribution is 0.120. The molecule has 24 heavy (non-hydrogen) atoms. The molecule has 0 saturated carbocycles. The van der Waals surface area contributed by atoms with Crippen molar-refractivity contribution in [2.24, 2.45) is 0 Å². The molecule has 0 unspecified atom stereocenters. The molecule has 3 aromatic heterocycles. The van der Waals surface area contributed by atoms with Crippen LogP contribution in [0.5, 0.6) is 0 Å². The molecule has 4 rings (SSSR count). The lowest BCUT2D eigenvalue weighted by Crippen LogP contribution is -2.42. The second kappa shape index (κ2) is 6.57. The third-order valence-corrected chi connectivity index (χ3v) is 4.70. The first-order valence-corrected chi connectivity index (χ1v) is 8.48. The van der Waals surface area contributed by atoms with E-state index in [1.54, 1.807) is 16.7 Å². The van der Waals surface area contributed by atoms with E-state index in [-0.39, 0.29) is 5.56 Å². The van der Waals surface area contributed by atoms with Crippen LogP contribution in [0, 0.1) is 0 Å². The first-order valence-electron chi connectivity index (χ1n) is 8.48. The molecule has 6 heteroatoms. The molecule has 1 atom stereocenters. The van der Waals surface area contributed by atoms with E-state index in [9.17, 15) is 4.79 Å². The van der Waals surface area contributed by atoms with E-state index in [0.717, 1.165) is 25.2 Å². The largest absolute Gasteiger partial charge is 0.293 e. The Kier molecular flexibility index (Phi) is 4.13. The van der Waals surface area contributed by atoms with Gasteiger partial charge in [0.05, 0.1) is 12.2 Å². The van der Waals surface area contributed by atoms with Crippen LogP contribution in [0.25, 0.3) is 5.65 Å². The number of fused-ring (bicyclic) bond motifs is 1. The van der Waals surface area contributed by atoms with Crippen molar-refractivity contribution in [3.8, 4) is 0 Å². The number of rotatable bonds is 4. The molecule has 3 aromatic rings. The third kappa shape index (κ3) is 3.10. The summed E-state index contributed by atoms with van der Waals surface area (Å²) in [4.78, 5) is 19.4. The molecule has 0 N–H and O–H groups in total. The minimum absolute atomic E-state index is 0.0174. The number of aromatic nitrogens is 4. The van der Waals surface area contributed by atoms with E-state index in [2.05, 4.69) is 15.0 Å². The maximum absolute atomic E-state index is 12.3. The summed E-state index contributed by atoms with van der Waals surface area (Å²) < 4.78 is 3.58. The molecule has 0 aromatic carbocycles. The highest BCUT2D eigenvalue weighted by Gasteiger charge is 2.23. The summed E-state index contributed by atoms with van der Waals surface area (Å²) in [5, 5.41) is 4.33. The Morgan fingerprint density at radius 2 is 2.12 bits per heavy atom. The summed E-state index contributed by atoms with van der Waals surface area (Å²) in [5.74, 6) is 0. The molecule has 1 aliphatic heterocycles. The van der Waals surface area contributed by atoms with Crippen LogP contribution in [0.4, 0.5) is 0 Å². The fourth-order valence-corrected chi connectivity index (χ4v) is 3.49. The van der Waals surface area contributed by atoms with E-state index < -0.39 is 0 Å². The van der Waals surface area contributed by atoms with E-state index in [4.69, 9.17) is 0 Å². The smallest absolute Gasteiger partial charge is 0.258 e. The molecule has 1 aliphatic rings. The van der Waals surface area contributed by atoms with Crippen LogP contribution in [0.1, 0.15) is 25.0 Å². The fraction of sp³-hybridized carbons (Fsp3) is 0.389. The molecule has 1 fully saturated rings. The van der Waals surface area contributed by atoms with E-state index in [1.807, 2.05) is 41.3 Å². The topological polar surface area (TPSA) is 55.4 Å². The van der Waals surface area contributed by atoms with Gasteiger partial charge in [0.1, 0.15) is 5.65 Å². The third-order valence-electron chi connectivity index (χ3n) is 4.70. The number of likely N-dealkylation sites (tertiary alicyclic amines) is 1. The van der Waals surface area contributed by atoms with Crippen molar-refractivity contribution in [1.29, 1.82) is 0 Å². The fourth-order valence-electron chi connectivity index (χ4n) is 3.49. The van der Waals surface area contributed by atoms with Crippen molar-refractivity contribution in [2.75, 3.05) is 6.54 Å². The number of hydrogen-bond donors (Lipinski definition) is 0. The van der Waals surface area contributed by atoms with Gasteiger partial charge in [0.2, 0.25) is 0 Å². The first-order chi connectivity index (χ1) is 11.8. The van der Waals surface area contributed by atoms with Crippen molar-refractivity contribution in [3.63, 3.8) is 0 Å². The second-order valence-corrected chi connectivity index (χ2v) is 6.36. The van der Waals surface area contributed by atoms with Crippen molar-refractivity contribution in [1.82, 2.24) is 24.1 Å². The van der Waals surface area contributed by atoms with Crippen molar-refractivity contribution < 1.29 is 0 Å². The van der Waals surface area contributed by atoms with Gasteiger partial charge in [-0.15, -0.1) is 0 Å². The Morgan fingerprint density at radius 3 is 3.00 bits per heavy atom.